The van der Waals surface area contributed by atoms with Crippen LogP contribution in [-0.2, 0) is 17.9 Å². The third kappa shape index (κ3) is 5.57. The van der Waals surface area contributed by atoms with Gasteiger partial charge in [-0.3, -0.25) is 4.90 Å². The van der Waals surface area contributed by atoms with E-state index in [0.717, 1.165) is 31.5 Å². The Morgan fingerprint density at radius 1 is 1.07 bits per heavy atom. The Labute approximate surface area is 167 Å². The Morgan fingerprint density at radius 2 is 1.71 bits per heavy atom. The summed E-state index contributed by atoms with van der Waals surface area (Å²) in [7, 11) is 0. The van der Waals surface area contributed by atoms with Gasteiger partial charge in [-0.25, -0.2) is 4.79 Å². The minimum absolute atomic E-state index is 0.0731. The Bertz CT molecular complexity index is 723. The Kier molecular flexibility index (Phi) is 7.46. The van der Waals surface area contributed by atoms with Gasteiger partial charge in [-0.15, -0.1) is 0 Å². The van der Waals surface area contributed by atoms with Crippen LogP contribution >= 0.6 is 0 Å². The Hall–Kier alpha value is -2.37. The van der Waals surface area contributed by atoms with Gasteiger partial charge in [-0.2, -0.15) is 0 Å². The SMILES string of the molecule is CCCCN(Cc1ccccc1)[C@H]1CN(C(=O)OCc2ccccc2)C[C@@H]1O. The van der Waals surface area contributed by atoms with Crippen molar-refractivity contribution in [2.45, 2.75) is 45.1 Å². The van der Waals surface area contributed by atoms with Crippen LogP contribution in [-0.4, -0.2) is 52.8 Å². The first-order valence-corrected chi connectivity index (χ1v) is 10.1. The van der Waals surface area contributed by atoms with Crippen molar-refractivity contribution in [1.29, 1.82) is 0 Å². The van der Waals surface area contributed by atoms with Crippen LogP contribution in [0.2, 0.25) is 0 Å². The predicted molar refractivity (Wildman–Crippen MR) is 110 cm³/mol. The fourth-order valence-corrected chi connectivity index (χ4v) is 3.63. The van der Waals surface area contributed by atoms with Gasteiger partial charge in [0, 0.05) is 13.1 Å². The molecule has 2 aromatic rings. The molecule has 5 nitrogen and oxygen atoms in total. The molecule has 1 saturated heterocycles. The number of benzene rings is 2. The zero-order valence-electron chi connectivity index (χ0n) is 16.5. The van der Waals surface area contributed by atoms with Crippen LogP contribution in [0.15, 0.2) is 60.7 Å². The van der Waals surface area contributed by atoms with E-state index in [-0.39, 0.29) is 18.7 Å². The Balaban J connectivity index is 1.59. The summed E-state index contributed by atoms with van der Waals surface area (Å²) >= 11 is 0. The number of β-amino-alcohol motifs (C(OH)–C–C–N with tert-alkyl or cyclic N) is 1. The van der Waals surface area contributed by atoms with Gasteiger partial charge in [0.05, 0.1) is 18.7 Å². The third-order valence-electron chi connectivity index (χ3n) is 5.22. The zero-order chi connectivity index (χ0) is 19.8. The standard InChI is InChI=1S/C23H30N2O3/c1-2-3-14-24(15-19-10-6-4-7-11-19)21-16-25(17-22(21)26)23(27)28-18-20-12-8-5-9-13-20/h4-13,21-22,26H,2-3,14-18H2,1H3/t21-,22-/m0/s1. The smallest absolute Gasteiger partial charge is 0.410 e. The molecule has 150 valence electrons. The quantitative estimate of drug-likeness (QED) is 0.757. The highest BCUT2D eigenvalue weighted by atomic mass is 16.6. The van der Waals surface area contributed by atoms with E-state index in [2.05, 4.69) is 24.0 Å². The third-order valence-corrected chi connectivity index (χ3v) is 5.22. The van der Waals surface area contributed by atoms with Gasteiger partial charge in [0.15, 0.2) is 0 Å². The number of hydrogen-bond acceptors (Lipinski definition) is 4. The summed E-state index contributed by atoms with van der Waals surface area (Å²) in [5.74, 6) is 0. The van der Waals surface area contributed by atoms with Gasteiger partial charge < -0.3 is 14.7 Å². The lowest BCUT2D eigenvalue weighted by Crippen LogP contribution is -2.43. The predicted octanol–water partition coefficient (Wildman–Crippen LogP) is 3.67. The maximum absolute atomic E-state index is 12.5. The molecule has 1 amide bonds. The highest BCUT2D eigenvalue weighted by Gasteiger charge is 2.38. The molecule has 0 aromatic heterocycles. The van der Waals surface area contributed by atoms with Crippen LogP contribution < -0.4 is 0 Å². The molecule has 1 aliphatic heterocycles. The summed E-state index contributed by atoms with van der Waals surface area (Å²) in [5.41, 5.74) is 2.18. The fourth-order valence-electron chi connectivity index (χ4n) is 3.63. The van der Waals surface area contributed by atoms with Gasteiger partial charge in [-0.1, -0.05) is 74.0 Å². The molecule has 0 saturated carbocycles. The number of likely N-dealkylation sites (tertiary alicyclic amines) is 1. The number of amides is 1. The number of hydrogen-bond donors (Lipinski definition) is 1. The van der Waals surface area contributed by atoms with E-state index >= 15 is 0 Å². The van der Waals surface area contributed by atoms with E-state index in [4.69, 9.17) is 4.74 Å². The van der Waals surface area contributed by atoms with Crippen LogP contribution in [0, 0.1) is 0 Å². The highest BCUT2D eigenvalue weighted by molar-refractivity contribution is 5.68. The molecule has 1 fully saturated rings. The molecule has 0 radical (unpaired) electrons. The van der Waals surface area contributed by atoms with Crippen LogP contribution in [0.4, 0.5) is 4.79 Å². The van der Waals surface area contributed by atoms with Crippen LogP contribution in [0.1, 0.15) is 30.9 Å². The number of ether oxygens (including phenoxy) is 1. The summed E-state index contributed by atoms with van der Waals surface area (Å²) in [6.07, 6.45) is 1.23. The Morgan fingerprint density at radius 3 is 2.36 bits per heavy atom. The fraction of sp³-hybridized carbons (Fsp3) is 0.435. The second kappa shape index (κ2) is 10.2. The number of aliphatic hydroxyl groups is 1. The number of unbranched alkanes of at least 4 members (excludes halogenated alkanes) is 1. The molecule has 2 atom stereocenters. The monoisotopic (exact) mass is 382 g/mol. The zero-order valence-corrected chi connectivity index (χ0v) is 16.5. The summed E-state index contributed by atoms with van der Waals surface area (Å²) in [6, 6.07) is 19.9. The normalized spacial score (nSPS) is 19.2. The number of aliphatic hydroxyl groups excluding tert-OH is 1. The minimum Gasteiger partial charge on any atom is -0.445 e. The van der Waals surface area contributed by atoms with Crippen molar-refractivity contribution in [3.05, 3.63) is 71.8 Å². The summed E-state index contributed by atoms with van der Waals surface area (Å²) in [6.45, 7) is 4.90. The van der Waals surface area contributed by atoms with Crippen LogP contribution in [0.25, 0.3) is 0 Å². The average Bonchev–Trinajstić information content (AvgIpc) is 3.12. The molecule has 1 heterocycles. The molecule has 0 spiro atoms. The summed E-state index contributed by atoms with van der Waals surface area (Å²) < 4.78 is 5.45. The van der Waals surface area contributed by atoms with Crippen molar-refractivity contribution in [3.8, 4) is 0 Å². The number of rotatable bonds is 8. The molecular formula is C23H30N2O3. The van der Waals surface area contributed by atoms with Crippen molar-refractivity contribution in [2.75, 3.05) is 19.6 Å². The molecular weight excluding hydrogens is 352 g/mol. The van der Waals surface area contributed by atoms with E-state index in [1.54, 1.807) is 4.90 Å². The second-order valence-corrected chi connectivity index (χ2v) is 7.39. The first-order chi connectivity index (χ1) is 13.7. The summed E-state index contributed by atoms with van der Waals surface area (Å²) in [4.78, 5) is 16.4. The lowest BCUT2D eigenvalue weighted by atomic mass is 10.1. The molecule has 0 unspecified atom stereocenters. The van der Waals surface area contributed by atoms with Crippen molar-refractivity contribution in [1.82, 2.24) is 9.80 Å². The molecule has 28 heavy (non-hydrogen) atoms. The number of carbonyl (C=O) groups is 1. The van der Waals surface area contributed by atoms with E-state index in [1.165, 1.54) is 5.56 Å². The lowest BCUT2D eigenvalue weighted by molar-refractivity contribution is 0.0767. The molecule has 0 bridgehead atoms. The highest BCUT2D eigenvalue weighted by Crippen LogP contribution is 2.21. The van der Waals surface area contributed by atoms with Crippen molar-refractivity contribution in [2.24, 2.45) is 0 Å². The molecule has 5 heteroatoms. The van der Waals surface area contributed by atoms with Crippen LogP contribution in [0.5, 0.6) is 0 Å². The number of carbonyl (C=O) groups excluding carboxylic acids is 1. The van der Waals surface area contributed by atoms with Gasteiger partial charge in [0.25, 0.3) is 0 Å². The summed E-state index contributed by atoms with van der Waals surface area (Å²) in [5, 5.41) is 10.7. The lowest BCUT2D eigenvalue weighted by Gasteiger charge is -2.30. The van der Waals surface area contributed by atoms with Gasteiger partial charge in [0.1, 0.15) is 6.61 Å². The maximum Gasteiger partial charge on any atom is 0.410 e. The minimum atomic E-state index is -0.565. The van der Waals surface area contributed by atoms with E-state index < -0.39 is 6.10 Å². The van der Waals surface area contributed by atoms with Gasteiger partial charge >= 0.3 is 6.09 Å². The van der Waals surface area contributed by atoms with E-state index in [9.17, 15) is 9.90 Å². The molecule has 2 aromatic carbocycles. The van der Waals surface area contributed by atoms with Crippen molar-refractivity contribution >= 4 is 6.09 Å². The van der Waals surface area contributed by atoms with E-state index in [0.29, 0.717) is 13.1 Å². The molecule has 1 aliphatic rings. The first-order valence-electron chi connectivity index (χ1n) is 10.1. The van der Waals surface area contributed by atoms with Gasteiger partial charge in [-0.05, 0) is 24.1 Å². The largest absolute Gasteiger partial charge is 0.445 e. The van der Waals surface area contributed by atoms with E-state index in [1.807, 2.05) is 48.5 Å². The molecule has 1 N–H and O–H groups in total. The van der Waals surface area contributed by atoms with Crippen molar-refractivity contribution in [3.63, 3.8) is 0 Å². The molecule has 0 aliphatic carbocycles. The first kappa shape index (κ1) is 20.4. The number of nitrogens with zero attached hydrogens (tertiary/aromatic N) is 2. The average molecular weight is 383 g/mol. The second-order valence-electron chi connectivity index (χ2n) is 7.39. The topological polar surface area (TPSA) is 53.0 Å². The van der Waals surface area contributed by atoms with Crippen LogP contribution in [0.3, 0.4) is 0 Å². The maximum atomic E-state index is 12.5. The van der Waals surface area contributed by atoms with Gasteiger partial charge in [0.2, 0.25) is 0 Å². The molecule has 3 rings (SSSR count). The van der Waals surface area contributed by atoms with Crippen molar-refractivity contribution < 1.29 is 14.6 Å².